The van der Waals surface area contributed by atoms with E-state index in [9.17, 15) is 5.11 Å². The molecule has 1 aromatic carbocycles. The van der Waals surface area contributed by atoms with Crippen LogP contribution in [0.4, 0.5) is 0 Å². The van der Waals surface area contributed by atoms with E-state index in [2.05, 4.69) is 49.9 Å². The Labute approximate surface area is 105 Å². The van der Waals surface area contributed by atoms with Gasteiger partial charge in [0.2, 0.25) is 0 Å². The first-order chi connectivity index (χ1) is 8.15. The van der Waals surface area contributed by atoms with Gasteiger partial charge in [0.05, 0.1) is 6.10 Å². The summed E-state index contributed by atoms with van der Waals surface area (Å²) >= 11 is 0. The second-order valence-electron chi connectivity index (χ2n) is 4.66. The van der Waals surface area contributed by atoms with Crippen LogP contribution in [-0.2, 0) is 6.42 Å². The van der Waals surface area contributed by atoms with Gasteiger partial charge in [-0.15, -0.1) is 0 Å². The normalized spacial score (nSPS) is 13.0. The van der Waals surface area contributed by atoms with E-state index in [4.69, 9.17) is 0 Å². The maximum atomic E-state index is 9.99. The summed E-state index contributed by atoms with van der Waals surface area (Å²) in [6, 6.07) is 8.42. The molecule has 17 heavy (non-hydrogen) atoms. The Hall–Kier alpha value is -0.860. The smallest absolute Gasteiger partial charge is 0.0592 e. The zero-order valence-electron chi connectivity index (χ0n) is 11.3. The fraction of sp³-hybridized carbons (Fsp3) is 0.600. The lowest BCUT2D eigenvalue weighted by atomic mass is 10.0. The Balaban J connectivity index is 2.34. The predicted molar refractivity (Wildman–Crippen MR) is 73.3 cm³/mol. The van der Waals surface area contributed by atoms with Gasteiger partial charge < -0.3 is 10.0 Å². The van der Waals surface area contributed by atoms with Crippen LogP contribution in [0.3, 0.4) is 0 Å². The van der Waals surface area contributed by atoms with Crippen molar-refractivity contribution in [2.75, 3.05) is 19.6 Å². The van der Waals surface area contributed by atoms with Crippen molar-refractivity contribution in [3.05, 3.63) is 35.4 Å². The summed E-state index contributed by atoms with van der Waals surface area (Å²) in [5.74, 6) is 0. The second kappa shape index (κ2) is 7.46. The number of aryl methyl sites for hydroxylation is 1. The molecular formula is C15H25NO. The van der Waals surface area contributed by atoms with Gasteiger partial charge in [-0.3, -0.25) is 0 Å². The Bertz CT molecular complexity index is 303. The lowest BCUT2D eigenvalue weighted by Crippen LogP contribution is -2.27. The number of rotatable bonds is 7. The number of benzene rings is 1. The van der Waals surface area contributed by atoms with Crippen molar-refractivity contribution >= 4 is 0 Å². The topological polar surface area (TPSA) is 23.5 Å². The predicted octanol–water partition coefficient (Wildman–Crippen LogP) is 2.63. The van der Waals surface area contributed by atoms with Crippen LogP contribution in [0.5, 0.6) is 0 Å². The average Bonchev–Trinajstić information content (AvgIpc) is 2.33. The highest BCUT2D eigenvalue weighted by atomic mass is 16.3. The number of aliphatic hydroxyl groups excluding tert-OH is 1. The molecule has 2 nitrogen and oxygen atoms in total. The summed E-state index contributed by atoms with van der Waals surface area (Å²) < 4.78 is 0. The number of aliphatic hydroxyl groups is 1. The van der Waals surface area contributed by atoms with Crippen LogP contribution in [-0.4, -0.2) is 35.7 Å². The molecule has 0 bridgehead atoms. The summed E-state index contributed by atoms with van der Waals surface area (Å²) in [6.45, 7) is 9.52. The standard InChI is InChI=1S/C15H25NO/c1-4-16(5-2)11-10-15(17)12-14-8-6-13(3)7-9-14/h6-9,15,17H,4-5,10-12H2,1-3H3. The zero-order chi connectivity index (χ0) is 12.7. The fourth-order valence-electron chi connectivity index (χ4n) is 1.97. The van der Waals surface area contributed by atoms with E-state index in [1.165, 1.54) is 11.1 Å². The molecule has 1 rings (SSSR count). The van der Waals surface area contributed by atoms with Gasteiger partial charge in [-0.25, -0.2) is 0 Å². The highest BCUT2D eigenvalue weighted by Gasteiger charge is 2.07. The largest absolute Gasteiger partial charge is 0.393 e. The number of hydrogen-bond acceptors (Lipinski definition) is 2. The van der Waals surface area contributed by atoms with Crippen molar-refractivity contribution in [1.29, 1.82) is 0 Å². The minimum Gasteiger partial charge on any atom is -0.393 e. The molecule has 0 amide bonds. The van der Waals surface area contributed by atoms with Crippen LogP contribution >= 0.6 is 0 Å². The molecule has 96 valence electrons. The van der Waals surface area contributed by atoms with Gasteiger partial charge in [-0.2, -0.15) is 0 Å². The van der Waals surface area contributed by atoms with Crippen molar-refractivity contribution < 1.29 is 5.11 Å². The minimum atomic E-state index is -0.224. The Kier molecular flexibility index (Phi) is 6.23. The molecule has 2 heteroatoms. The van der Waals surface area contributed by atoms with E-state index in [-0.39, 0.29) is 6.10 Å². The van der Waals surface area contributed by atoms with Gasteiger partial charge in [0, 0.05) is 6.54 Å². The SMILES string of the molecule is CCN(CC)CCC(O)Cc1ccc(C)cc1. The molecule has 0 saturated carbocycles. The first kappa shape index (κ1) is 14.2. The molecule has 0 heterocycles. The third-order valence-electron chi connectivity index (χ3n) is 3.26. The first-order valence-electron chi connectivity index (χ1n) is 6.61. The van der Waals surface area contributed by atoms with Crippen molar-refractivity contribution in [3.63, 3.8) is 0 Å². The summed E-state index contributed by atoms with van der Waals surface area (Å²) in [6.07, 6.45) is 1.40. The van der Waals surface area contributed by atoms with Crippen molar-refractivity contribution in [1.82, 2.24) is 4.90 Å². The molecule has 1 atom stereocenters. The molecular weight excluding hydrogens is 210 g/mol. The maximum Gasteiger partial charge on any atom is 0.0592 e. The van der Waals surface area contributed by atoms with Crippen molar-refractivity contribution in [2.45, 2.75) is 39.7 Å². The number of hydrogen-bond donors (Lipinski definition) is 1. The summed E-state index contributed by atoms with van der Waals surface area (Å²) in [4.78, 5) is 2.35. The van der Waals surface area contributed by atoms with E-state index >= 15 is 0 Å². The van der Waals surface area contributed by atoms with Gasteiger partial charge >= 0.3 is 0 Å². The molecule has 0 aromatic heterocycles. The Morgan fingerprint density at radius 3 is 2.24 bits per heavy atom. The Morgan fingerprint density at radius 2 is 1.71 bits per heavy atom. The van der Waals surface area contributed by atoms with E-state index in [1.807, 2.05) is 0 Å². The van der Waals surface area contributed by atoms with Gasteiger partial charge in [-0.05, 0) is 38.4 Å². The van der Waals surface area contributed by atoms with Crippen LogP contribution in [0.2, 0.25) is 0 Å². The molecule has 0 aliphatic heterocycles. The van der Waals surface area contributed by atoms with Crippen LogP contribution in [0.1, 0.15) is 31.4 Å². The van der Waals surface area contributed by atoms with Gasteiger partial charge in [0.25, 0.3) is 0 Å². The number of nitrogens with zero attached hydrogens (tertiary/aromatic N) is 1. The molecule has 0 saturated heterocycles. The monoisotopic (exact) mass is 235 g/mol. The van der Waals surface area contributed by atoms with E-state index in [0.29, 0.717) is 0 Å². The third kappa shape index (κ3) is 5.33. The van der Waals surface area contributed by atoms with E-state index in [1.54, 1.807) is 0 Å². The quantitative estimate of drug-likeness (QED) is 0.785. The minimum absolute atomic E-state index is 0.224. The van der Waals surface area contributed by atoms with E-state index < -0.39 is 0 Å². The second-order valence-corrected chi connectivity index (χ2v) is 4.66. The fourth-order valence-corrected chi connectivity index (χ4v) is 1.97. The zero-order valence-corrected chi connectivity index (χ0v) is 11.3. The van der Waals surface area contributed by atoms with Crippen LogP contribution < -0.4 is 0 Å². The lowest BCUT2D eigenvalue weighted by molar-refractivity contribution is 0.143. The highest BCUT2D eigenvalue weighted by molar-refractivity contribution is 5.21. The summed E-state index contributed by atoms with van der Waals surface area (Å²) in [5, 5.41) is 9.99. The molecule has 1 unspecified atom stereocenters. The molecule has 1 N–H and O–H groups in total. The van der Waals surface area contributed by atoms with Gasteiger partial charge in [0.15, 0.2) is 0 Å². The summed E-state index contributed by atoms with van der Waals surface area (Å²) in [7, 11) is 0. The highest BCUT2D eigenvalue weighted by Crippen LogP contribution is 2.08. The van der Waals surface area contributed by atoms with Crippen molar-refractivity contribution in [2.24, 2.45) is 0 Å². The maximum absolute atomic E-state index is 9.99. The van der Waals surface area contributed by atoms with Crippen LogP contribution in [0, 0.1) is 6.92 Å². The molecule has 0 spiro atoms. The molecule has 0 aliphatic rings. The lowest BCUT2D eigenvalue weighted by Gasteiger charge is -2.20. The third-order valence-corrected chi connectivity index (χ3v) is 3.26. The average molecular weight is 235 g/mol. The van der Waals surface area contributed by atoms with E-state index in [0.717, 1.165) is 32.5 Å². The first-order valence-corrected chi connectivity index (χ1v) is 6.61. The summed E-state index contributed by atoms with van der Waals surface area (Å²) in [5.41, 5.74) is 2.49. The Morgan fingerprint density at radius 1 is 1.12 bits per heavy atom. The van der Waals surface area contributed by atoms with Gasteiger partial charge in [-0.1, -0.05) is 43.7 Å². The van der Waals surface area contributed by atoms with Crippen LogP contribution in [0.15, 0.2) is 24.3 Å². The van der Waals surface area contributed by atoms with Crippen molar-refractivity contribution in [3.8, 4) is 0 Å². The van der Waals surface area contributed by atoms with Crippen LogP contribution in [0.25, 0.3) is 0 Å². The molecule has 0 fully saturated rings. The molecule has 1 aromatic rings. The molecule has 0 radical (unpaired) electrons. The molecule has 0 aliphatic carbocycles. The van der Waals surface area contributed by atoms with Gasteiger partial charge in [0.1, 0.15) is 0 Å².